The van der Waals surface area contributed by atoms with Gasteiger partial charge in [-0.2, -0.15) is 0 Å². The Morgan fingerprint density at radius 2 is 1.83 bits per heavy atom. The van der Waals surface area contributed by atoms with Gasteiger partial charge in [-0.05, 0) is 38.1 Å². The minimum Gasteiger partial charge on any atom is -0.356 e. The summed E-state index contributed by atoms with van der Waals surface area (Å²) in [6.45, 7) is 4.84. The fraction of sp³-hybridized carbons (Fsp3) is 0.409. The average Bonchev–Trinajstić information content (AvgIpc) is 3.16. The van der Waals surface area contributed by atoms with E-state index in [4.69, 9.17) is 0 Å². The molecule has 2 N–H and O–H groups in total. The van der Waals surface area contributed by atoms with Crippen molar-refractivity contribution in [2.24, 2.45) is 4.99 Å². The lowest BCUT2D eigenvalue weighted by atomic mass is 10.1. The van der Waals surface area contributed by atoms with Crippen LogP contribution in [0.1, 0.15) is 24.7 Å². The van der Waals surface area contributed by atoms with E-state index in [0.717, 1.165) is 49.9 Å². The molecule has 0 fully saturated rings. The van der Waals surface area contributed by atoms with Crippen LogP contribution in [0.4, 0.5) is 0 Å². The molecule has 0 bridgehead atoms. The van der Waals surface area contributed by atoms with Gasteiger partial charge in [0, 0.05) is 45.3 Å². The number of pyridine rings is 1. The van der Waals surface area contributed by atoms with Crippen LogP contribution >= 0.6 is 0 Å². The lowest BCUT2D eigenvalue weighted by Crippen LogP contribution is -2.40. The Labute approximate surface area is 172 Å². The topological polar surface area (TPSA) is 69.8 Å². The van der Waals surface area contributed by atoms with Crippen molar-refractivity contribution in [1.29, 1.82) is 0 Å². The number of aromatic nitrogens is 3. The van der Waals surface area contributed by atoms with Gasteiger partial charge >= 0.3 is 0 Å². The number of fused-ring (bicyclic) bond motifs is 1. The predicted molar refractivity (Wildman–Crippen MR) is 118 cm³/mol. The van der Waals surface area contributed by atoms with Crippen LogP contribution in [0, 0.1) is 0 Å². The highest BCUT2D eigenvalue weighted by atomic mass is 15.2. The lowest BCUT2D eigenvalue weighted by Gasteiger charge is -2.25. The molecule has 1 atom stereocenters. The van der Waals surface area contributed by atoms with Crippen LogP contribution in [0.3, 0.4) is 0 Å². The largest absolute Gasteiger partial charge is 0.356 e. The van der Waals surface area contributed by atoms with Crippen molar-refractivity contribution in [2.75, 3.05) is 27.2 Å². The van der Waals surface area contributed by atoms with Crippen molar-refractivity contribution in [3.8, 4) is 0 Å². The van der Waals surface area contributed by atoms with E-state index in [9.17, 15) is 0 Å². The molecular weight excluding hydrogens is 362 g/mol. The van der Waals surface area contributed by atoms with Gasteiger partial charge in [0.15, 0.2) is 11.6 Å². The van der Waals surface area contributed by atoms with E-state index in [-0.39, 0.29) is 0 Å². The van der Waals surface area contributed by atoms with Gasteiger partial charge in [0.2, 0.25) is 0 Å². The summed E-state index contributed by atoms with van der Waals surface area (Å²) in [5, 5.41) is 15.2. The minimum absolute atomic E-state index is 0.475. The molecule has 0 amide bonds. The summed E-state index contributed by atoms with van der Waals surface area (Å²) in [7, 11) is 3.97. The minimum atomic E-state index is 0.475. The first-order valence-corrected chi connectivity index (χ1v) is 10.1. The second-order valence-electron chi connectivity index (χ2n) is 7.26. The second-order valence-corrected chi connectivity index (χ2v) is 7.26. The molecule has 0 aliphatic carbocycles. The fourth-order valence-electron chi connectivity index (χ4n) is 3.22. The highest BCUT2D eigenvalue weighted by Crippen LogP contribution is 2.08. The van der Waals surface area contributed by atoms with Gasteiger partial charge in [0.25, 0.3) is 0 Å². The third kappa shape index (κ3) is 6.02. The normalized spacial score (nSPS) is 13.0. The first kappa shape index (κ1) is 20.8. The maximum atomic E-state index is 4.32. The number of hydrogen-bond acceptors (Lipinski definition) is 4. The number of nitrogens with one attached hydrogen (secondary N) is 2. The van der Waals surface area contributed by atoms with Crippen molar-refractivity contribution in [1.82, 2.24) is 30.1 Å². The van der Waals surface area contributed by atoms with Gasteiger partial charge in [-0.15, -0.1) is 10.2 Å². The van der Waals surface area contributed by atoms with Crippen LogP contribution in [0.25, 0.3) is 5.65 Å². The van der Waals surface area contributed by atoms with Crippen molar-refractivity contribution < 1.29 is 0 Å². The Morgan fingerprint density at radius 3 is 2.62 bits per heavy atom. The van der Waals surface area contributed by atoms with Gasteiger partial charge < -0.3 is 10.6 Å². The Morgan fingerprint density at radius 1 is 1.07 bits per heavy atom. The molecule has 0 radical (unpaired) electrons. The number of aliphatic imine (C=N–C) groups is 1. The molecule has 1 unspecified atom stereocenters. The summed E-state index contributed by atoms with van der Waals surface area (Å²) >= 11 is 0. The molecule has 7 nitrogen and oxygen atoms in total. The molecule has 3 aromatic rings. The molecule has 0 spiro atoms. The monoisotopic (exact) mass is 393 g/mol. The number of rotatable bonds is 9. The maximum absolute atomic E-state index is 4.32. The zero-order valence-electron chi connectivity index (χ0n) is 17.5. The Balaban J connectivity index is 1.37. The summed E-state index contributed by atoms with van der Waals surface area (Å²) in [6, 6.07) is 17.0. The highest BCUT2D eigenvalue weighted by molar-refractivity contribution is 5.79. The van der Waals surface area contributed by atoms with E-state index >= 15 is 0 Å². The predicted octanol–water partition coefficient (Wildman–Crippen LogP) is 2.35. The van der Waals surface area contributed by atoms with Crippen LogP contribution in [-0.4, -0.2) is 58.7 Å². The quantitative estimate of drug-likeness (QED) is 0.431. The highest BCUT2D eigenvalue weighted by Gasteiger charge is 2.10. The Bertz CT molecular complexity index is 904. The smallest absolute Gasteiger partial charge is 0.190 e. The third-order valence-electron chi connectivity index (χ3n) is 5.13. The fourth-order valence-corrected chi connectivity index (χ4v) is 3.22. The van der Waals surface area contributed by atoms with Crippen LogP contribution < -0.4 is 10.6 Å². The van der Waals surface area contributed by atoms with Gasteiger partial charge in [0.1, 0.15) is 5.82 Å². The molecule has 2 heterocycles. The van der Waals surface area contributed by atoms with Crippen molar-refractivity contribution in [3.05, 3.63) is 66.1 Å². The summed E-state index contributed by atoms with van der Waals surface area (Å²) in [4.78, 5) is 6.70. The van der Waals surface area contributed by atoms with Crippen molar-refractivity contribution in [3.63, 3.8) is 0 Å². The molecule has 0 aliphatic rings. The zero-order chi connectivity index (χ0) is 20.5. The zero-order valence-corrected chi connectivity index (χ0v) is 17.5. The molecule has 29 heavy (non-hydrogen) atoms. The molecule has 3 rings (SSSR count). The number of nitrogens with zero attached hydrogens (tertiary/aromatic N) is 5. The molecule has 0 saturated heterocycles. The van der Waals surface area contributed by atoms with Crippen molar-refractivity contribution >= 4 is 11.6 Å². The molecule has 2 aromatic heterocycles. The lowest BCUT2D eigenvalue weighted by molar-refractivity contribution is 0.238. The Hall–Kier alpha value is -2.93. The Kier molecular flexibility index (Phi) is 7.58. The summed E-state index contributed by atoms with van der Waals surface area (Å²) in [5.41, 5.74) is 2.21. The number of guanidine groups is 1. The van der Waals surface area contributed by atoms with E-state index in [0.29, 0.717) is 6.04 Å². The van der Waals surface area contributed by atoms with Crippen LogP contribution in [-0.2, 0) is 13.0 Å². The van der Waals surface area contributed by atoms with Gasteiger partial charge in [-0.1, -0.05) is 36.4 Å². The van der Waals surface area contributed by atoms with Crippen molar-refractivity contribution in [2.45, 2.75) is 32.4 Å². The van der Waals surface area contributed by atoms with Crippen LogP contribution in [0.15, 0.2) is 59.7 Å². The van der Waals surface area contributed by atoms with Gasteiger partial charge in [-0.3, -0.25) is 14.3 Å². The molecule has 0 saturated carbocycles. The number of hydrogen-bond donors (Lipinski definition) is 2. The van der Waals surface area contributed by atoms with E-state index in [1.807, 2.05) is 28.8 Å². The molecule has 7 heteroatoms. The summed E-state index contributed by atoms with van der Waals surface area (Å²) in [6.07, 6.45) is 3.81. The molecule has 1 aromatic carbocycles. The van der Waals surface area contributed by atoms with E-state index in [2.05, 4.69) is 75.0 Å². The van der Waals surface area contributed by atoms with Crippen LogP contribution in [0.2, 0.25) is 0 Å². The van der Waals surface area contributed by atoms with Gasteiger partial charge in [-0.25, -0.2) is 0 Å². The third-order valence-corrected chi connectivity index (χ3v) is 5.13. The van der Waals surface area contributed by atoms with E-state index in [1.54, 1.807) is 7.05 Å². The van der Waals surface area contributed by atoms with E-state index < -0.39 is 0 Å². The molecule has 0 aliphatic heterocycles. The molecule has 154 valence electrons. The summed E-state index contributed by atoms with van der Waals surface area (Å²) in [5.74, 6) is 1.76. The second kappa shape index (κ2) is 10.6. The van der Waals surface area contributed by atoms with Crippen LogP contribution in [0.5, 0.6) is 0 Å². The first-order valence-electron chi connectivity index (χ1n) is 10.1. The van der Waals surface area contributed by atoms with Gasteiger partial charge in [0.05, 0.1) is 0 Å². The summed E-state index contributed by atoms with van der Waals surface area (Å²) < 4.78 is 2.02. The van der Waals surface area contributed by atoms with E-state index in [1.165, 1.54) is 5.56 Å². The first-order chi connectivity index (χ1) is 14.2. The SMILES string of the molecule is CN=C(NCCc1nnc2ccccn12)NCCC(C)N(C)Cc1ccccc1. The maximum Gasteiger partial charge on any atom is 0.190 e. The standard InChI is InChI=1S/C22H31N7/c1-18(28(3)17-19-9-5-4-6-10-19)12-14-24-22(23-2)25-15-13-21-27-26-20-11-7-8-16-29(20)21/h4-11,16,18H,12-15,17H2,1-3H3,(H2,23,24,25). The molecular formula is C22H31N7. The average molecular weight is 394 g/mol. The number of benzene rings is 1.